The summed E-state index contributed by atoms with van der Waals surface area (Å²) in [5.41, 5.74) is -4.26. The van der Waals surface area contributed by atoms with Gasteiger partial charge in [-0.1, -0.05) is 6.92 Å². The second-order valence-corrected chi connectivity index (χ2v) is 25.9. The van der Waals surface area contributed by atoms with Gasteiger partial charge in [-0.3, -0.25) is 67.5 Å². The Hall–Kier alpha value is -11.4. The van der Waals surface area contributed by atoms with Gasteiger partial charge in [0.15, 0.2) is 24.2 Å². The number of hydrogen-bond acceptors (Lipinski definition) is 28. The minimum absolute atomic E-state index is 0.112. The quantitative estimate of drug-likeness (QED) is 0.0630. The third kappa shape index (κ3) is 18.8. The summed E-state index contributed by atoms with van der Waals surface area (Å²) < 4.78 is 33.1. The maximum absolute atomic E-state index is 15.2. The summed E-state index contributed by atoms with van der Waals surface area (Å²) >= 11 is 0. The Labute approximate surface area is 588 Å². The summed E-state index contributed by atoms with van der Waals surface area (Å²) in [7, 11) is 7.20. The van der Waals surface area contributed by atoms with Crippen LogP contribution in [-0.4, -0.2) is 297 Å². The van der Waals surface area contributed by atoms with E-state index in [1.54, 1.807) is 6.92 Å². The lowest BCUT2D eigenvalue weighted by molar-refractivity contribution is -0.168. The zero-order chi connectivity index (χ0) is 75.7. The predicted octanol–water partition coefficient (Wildman–Crippen LogP) is -3.39. The van der Waals surface area contributed by atoms with Crippen molar-refractivity contribution < 1.29 is 106 Å². The molecule has 6 N–H and O–H groups in total. The van der Waals surface area contributed by atoms with Crippen LogP contribution in [0.25, 0.3) is 22.1 Å². The number of nitrogens with zero attached hydrogens (tertiary/aromatic N) is 12. The van der Waals surface area contributed by atoms with Gasteiger partial charge in [0.25, 0.3) is 23.6 Å². The van der Waals surface area contributed by atoms with Crippen LogP contribution < -0.4 is 30.7 Å². The van der Waals surface area contributed by atoms with E-state index in [4.69, 9.17) is 28.4 Å². The van der Waals surface area contributed by atoms with Crippen molar-refractivity contribution in [3.63, 3.8) is 0 Å². The fourth-order valence-corrected chi connectivity index (χ4v) is 11.3. The molecule has 0 radical (unpaired) electrons. The van der Waals surface area contributed by atoms with Gasteiger partial charge in [0.2, 0.25) is 35.4 Å². The molecule has 103 heavy (non-hydrogen) atoms. The molecule has 10 amide bonds. The molecule has 0 unspecified atom stereocenters. The van der Waals surface area contributed by atoms with E-state index in [1.165, 1.54) is 50.6 Å². The first-order valence-electron chi connectivity index (χ1n) is 32.2. The van der Waals surface area contributed by atoms with E-state index in [9.17, 15) is 67.7 Å². The van der Waals surface area contributed by atoms with Gasteiger partial charge in [-0.2, -0.15) is 10.2 Å². The average Bonchev–Trinajstić information content (AvgIpc) is 1.68. The summed E-state index contributed by atoms with van der Waals surface area (Å²) in [6.07, 6.45) is 1.01. The average molecular weight is 1440 g/mol. The van der Waals surface area contributed by atoms with E-state index < -0.39 is 199 Å². The number of methoxy groups -OCH3 is 2. The summed E-state index contributed by atoms with van der Waals surface area (Å²) in [6, 6.07) is -2.98. The van der Waals surface area contributed by atoms with E-state index in [1.807, 2.05) is 0 Å². The lowest BCUT2D eigenvalue weighted by Crippen LogP contribution is -2.62. The number of carbonyl (C=O) groups is 14. The smallest absolute Gasteiger partial charge is 0.331 e. The van der Waals surface area contributed by atoms with Gasteiger partial charge >= 0.3 is 23.9 Å². The largest absolute Gasteiger partial charge is 0.497 e. The molecular weight excluding hydrogens is 1360 g/mol. The molecule has 38 nitrogen and oxygen atoms in total. The van der Waals surface area contributed by atoms with Crippen LogP contribution in [-0.2, 0) is 76.5 Å². The predicted molar refractivity (Wildman–Crippen MR) is 354 cm³/mol. The Morgan fingerprint density at radius 2 is 0.971 bits per heavy atom. The van der Waals surface area contributed by atoms with Gasteiger partial charge in [0, 0.05) is 72.5 Å². The molecule has 5 heterocycles. The number of aliphatic hydroxyl groups is 2. The van der Waals surface area contributed by atoms with E-state index in [0.29, 0.717) is 37.7 Å². The lowest BCUT2D eigenvalue weighted by atomic mass is 9.97. The summed E-state index contributed by atoms with van der Waals surface area (Å²) in [4.78, 5) is 220. The van der Waals surface area contributed by atoms with Crippen molar-refractivity contribution in [2.45, 2.75) is 120 Å². The first kappa shape index (κ1) is 77.3. The molecule has 1 aliphatic carbocycles. The molecule has 38 heteroatoms. The van der Waals surface area contributed by atoms with Crippen molar-refractivity contribution >= 4 is 117 Å². The SMILES string of the molecule is COc1ccc2nc(C(=O)N[C@H]3COC(=O)[C@@H](C(C)(C)O)N(C)C(=O)CN(C)C(=O)CNC(=O)[C@@H]4[C@H](OC(C)=O)CC=NN4C(=O)[C@H](NC(=O)c4cnc5cc(OC)ccc5n4)COC(=O)[C@@H](C(C)(C)O)N(C)C(=O)CN(C)C(=O)CNC(=O)[C@@H]4[C@H](OC(=O)[C@@H]5C[C@@H]5C)CC=NN4C3=O)cnc2c1. The minimum Gasteiger partial charge on any atom is -0.497 e. The standard InChI is InChI=1S/C65H80N16O22/c1-32-21-36(32)61(93)103-46-18-20-71-81-52(46)58(90)69-27-48(84)77(8)29-50(86)79(10)53(64(3,4)96)62(94)100-30-43(74-55(87)41-24-66-39-22-34(98-11)13-15-37(39)72-41)59(91)80-51(45(17-19-70-80)102-33(2)82)57(89)68-26-47(83)76(7)28-49(85)78(9)54(65(5,6)97)63(95)101-31-44(60(81)92)75-56(88)42-25-67-40-23-35(99-12)14-16-38(40)73-42/h13-16,19-20,22-25,32,36,43-46,51-54,96-97H,17-18,21,26-31H2,1-12H3,(H,68,89)(H,69,90)(H,74,87)(H,75,88)/t32-,36+,43+,44-,45+,46+,51-,52-,53-,54-/m0/s1. The number of ether oxygens (including phenoxy) is 6. The van der Waals surface area contributed by atoms with Crippen LogP contribution in [0.3, 0.4) is 0 Å². The number of amides is 10. The molecule has 10 atom stereocenters. The molecule has 2 aromatic heterocycles. The monoisotopic (exact) mass is 1440 g/mol. The molecule has 0 spiro atoms. The van der Waals surface area contributed by atoms with Gasteiger partial charge < -0.3 is 79.5 Å². The molecule has 552 valence electrons. The number of hydrazone groups is 2. The van der Waals surface area contributed by atoms with E-state index in [-0.39, 0.29) is 40.8 Å². The lowest BCUT2D eigenvalue weighted by Gasteiger charge is -2.37. The number of likely N-dealkylation sites (N-methyl/N-ethyl adjacent to an activating group) is 4. The maximum Gasteiger partial charge on any atom is 0.331 e. The molecule has 8 rings (SSSR count). The van der Waals surface area contributed by atoms with Gasteiger partial charge in [0.1, 0.15) is 60.4 Å². The van der Waals surface area contributed by atoms with Crippen molar-refractivity contribution in [1.29, 1.82) is 0 Å². The Bertz CT molecular complexity index is 4080. The van der Waals surface area contributed by atoms with Gasteiger partial charge in [-0.15, -0.1) is 0 Å². The van der Waals surface area contributed by atoms with Crippen LogP contribution in [0, 0.1) is 11.8 Å². The second kappa shape index (κ2) is 32.5. The van der Waals surface area contributed by atoms with Crippen LogP contribution in [0.1, 0.15) is 81.8 Å². The molecule has 4 aliphatic rings. The van der Waals surface area contributed by atoms with Crippen molar-refractivity contribution in [3.05, 3.63) is 60.2 Å². The van der Waals surface area contributed by atoms with Crippen LogP contribution >= 0.6 is 0 Å². The Morgan fingerprint density at radius 3 is 1.33 bits per heavy atom. The Balaban J connectivity index is 1.15. The van der Waals surface area contributed by atoms with E-state index >= 15 is 9.59 Å². The van der Waals surface area contributed by atoms with Crippen LogP contribution in [0.2, 0.25) is 0 Å². The molecule has 1 saturated heterocycles. The molecule has 0 bridgehead atoms. The third-order valence-corrected chi connectivity index (χ3v) is 17.0. The van der Waals surface area contributed by atoms with Gasteiger partial charge in [-0.05, 0) is 64.3 Å². The molecule has 2 fully saturated rings. The van der Waals surface area contributed by atoms with Gasteiger partial charge in [-0.25, -0.2) is 29.6 Å². The number of carbonyl (C=O) groups excluding carboxylic acids is 14. The summed E-state index contributed by atoms with van der Waals surface area (Å²) in [5, 5.41) is 41.9. The van der Waals surface area contributed by atoms with Crippen LogP contribution in [0.4, 0.5) is 0 Å². The highest BCUT2D eigenvalue weighted by Crippen LogP contribution is 2.39. The fourth-order valence-electron chi connectivity index (χ4n) is 11.3. The number of rotatable bonds is 11. The number of fused-ring (bicyclic) bond motifs is 4. The Kier molecular flexibility index (Phi) is 24.4. The van der Waals surface area contributed by atoms with Crippen LogP contribution in [0.15, 0.2) is 59.0 Å². The number of benzene rings is 2. The van der Waals surface area contributed by atoms with Crippen molar-refractivity contribution in [2.75, 3.05) is 81.8 Å². The third-order valence-electron chi connectivity index (χ3n) is 17.0. The van der Waals surface area contributed by atoms with Crippen molar-refractivity contribution in [1.82, 2.24) is 70.8 Å². The molecule has 3 aliphatic heterocycles. The second-order valence-electron chi connectivity index (χ2n) is 25.9. The fraction of sp³-hybridized carbons (Fsp3) is 0.508. The summed E-state index contributed by atoms with van der Waals surface area (Å²) in [6.45, 7) is 1.26. The summed E-state index contributed by atoms with van der Waals surface area (Å²) in [5.74, 6) is -15.8. The highest BCUT2D eigenvalue weighted by molar-refractivity contribution is 6.02. The van der Waals surface area contributed by atoms with Gasteiger partial charge in [0.05, 0.1) is 92.0 Å². The zero-order valence-corrected chi connectivity index (χ0v) is 58.3. The first-order chi connectivity index (χ1) is 48.5. The number of nitrogens with one attached hydrogen (secondary N) is 4. The van der Waals surface area contributed by atoms with E-state index in [0.717, 1.165) is 97.4 Å². The number of cyclic esters (lactones) is 2. The minimum atomic E-state index is -2.21. The molecule has 1 saturated carbocycles. The number of hydrogen-bond donors (Lipinski definition) is 6. The van der Waals surface area contributed by atoms with Crippen LogP contribution in [0.5, 0.6) is 11.5 Å². The topological polar surface area (TPSA) is 479 Å². The zero-order valence-electron chi connectivity index (χ0n) is 58.3. The Morgan fingerprint density at radius 1 is 0.583 bits per heavy atom. The van der Waals surface area contributed by atoms with Crippen molar-refractivity contribution in [3.8, 4) is 11.5 Å². The maximum atomic E-state index is 15.2. The normalized spacial score (nSPS) is 24.5. The highest BCUT2D eigenvalue weighted by atomic mass is 16.6. The first-order valence-corrected chi connectivity index (χ1v) is 32.2. The van der Waals surface area contributed by atoms with Crippen molar-refractivity contribution in [2.24, 2.45) is 22.0 Å². The molecule has 4 aromatic rings. The highest BCUT2D eigenvalue weighted by Gasteiger charge is 2.50. The molecular formula is C65H80N16O22. The number of esters is 4. The molecule has 2 aromatic carbocycles. The number of aromatic nitrogens is 4. The van der Waals surface area contributed by atoms with E-state index in [2.05, 4.69) is 51.4 Å².